The topological polar surface area (TPSA) is 40.7 Å². The fraction of sp³-hybridized carbons (Fsp3) is 0.600. The van der Waals surface area contributed by atoms with Crippen molar-refractivity contribution < 1.29 is 0 Å². The minimum Gasteiger partial charge on any atom is -0.333 e. The molecule has 0 saturated heterocycles. The maximum atomic E-state index is 5.10. The van der Waals surface area contributed by atoms with Crippen molar-refractivity contribution in [3.8, 4) is 0 Å². The van der Waals surface area contributed by atoms with Crippen LogP contribution in [0.5, 0.6) is 0 Å². The van der Waals surface area contributed by atoms with Gasteiger partial charge in [-0.2, -0.15) is 0 Å². The Morgan fingerprint density at radius 2 is 2.36 bits per heavy atom. The molecule has 0 unspecified atom stereocenters. The van der Waals surface area contributed by atoms with Crippen molar-refractivity contribution in [2.24, 2.45) is 0 Å². The van der Waals surface area contributed by atoms with Gasteiger partial charge in [0, 0.05) is 17.9 Å². The predicted molar refractivity (Wildman–Crippen MR) is 58.8 cm³/mol. The average molecular weight is 209 g/mol. The number of aromatic amines is 1. The van der Waals surface area contributed by atoms with E-state index in [0.29, 0.717) is 4.77 Å². The van der Waals surface area contributed by atoms with Crippen molar-refractivity contribution >= 4 is 12.2 Å². The highest BCUT2D eigenvalue weighted by Gasteiger charge is 2.13. The number of aromatic nitrogens is 2. The van der Waals surface area contributed by atoms with Crippen molar-refractivity contribution in [2.45, 2.75) is 32.7 Å². The van der Waals surface area contributed by atoms with Gasteiger partial charge in [0.15, 0.2) is 4.77 Å². The molecule has 2 heterocycles. The number of H-pyrrole nitrogens is 1. The number of hydrogen-bond acceptors (Lipinski definition) is 3. The molecule has 1 aliphatic heterocycles. The highest BCUT2D eigenvalue weighted by atomic mass is 32.1. The molecule has 0 atom stereocenters. The molecule has 0 saturated carbocycles. The van der Waals surface area contributed by atoms with Crippen LogP contribution in [0.2, 0.25) is 0 Å². The number of nitrogens with zero attached hydrogens (tertiary/aromatic N) is 1. The Morgan fingerprint density at radius 3 is 3.14 bits per heavy atom. The van der Waals surface area contributed by atoms with E-state index >= 15 is 0 Å². The molecule has 1 aromatic rings. The van der Waals surface area contributed by atoms with E-state index in [1.54, 1.807) is 0 Å². The second kappa shape index (κ2) is 4.19. The Bertz CT molecular complexity index is 383. The fourth-order valence-corrected chi connectivity index (χ4v) is 2.15. The van der Waals surface area contributed by atoms with Crippen molar-refractivity contribution in [1.82, 2.24) is 15.3 Å². The van der Waals surface area contributed by atoms with E-state index in [-0.39, 0.29) is 0 Å². The molecule has 0 amide bonds. The molecule has 14 heavy (non-hydrogen) atoms. The Morgan fingerprint density at radius 1 is 1.50 bits per heavy atom. The Hall–Kier alpha value is -0.740. The summed E-state index contributed by atoms with van der Waals surface area (Å²) in [4.78, 5) is 7.58. The second-order valence-corrected chi connectivity index (χ2v) is 4.01. The van der Waals surface area contributed by atoms with Gasteiger partial charge in [-0.1, -0.05) is 13.3 Å². The third kappa shape index (κ3) is 1.86. The fourth-order valence-electron chi connectivity index (χ4n) is 1.91. The summed E-state index contributed by atoms with van der Waals surface area (Å²) in [5.74, 6) is 0. The molecular formula is C10H15N3S. The number of fused-ring (bicyclic) bond motifs is 1. The molecule has 0 aliphatic carbocycles. The van der Waals surface area contributed by atoms with Gasteiger partial charge in [0.05, 0.1) is 0 Å². The molecule has 0 aromatic carbocycles. The lowest BCUT2D eigenvalue weighted by atomic mass is 10.0. The van der Waals surface area contributed by atoms with Crippen molar-refractivity contribution in [1.29, 1.82) is 0 Å². The van der Waals surface area contributed by atoms with E-state index < -0.39 is 0 Å². The van der Waals surface area contributed by atoms with Crippen LogP contribution in [0.1, 0.15) is 30.3 Å². The summed E-state index contributed by atoms with van der Waals surface area (Å²) in [6.45, 7) is 4.13. The van der Waals surface area contributed by atoms with Gasteiger partial charge < -0.3 is 10.3 Å². The maximum Gasteiger partial charge on any atom is 0.197 e. The standard InChI is InChI=1S/C10H15N3S/c1-2-3-8-7-4-5-11-6-9(7)13-10(14)12-8/h11H,2-6H2,1H3,(H,12,13,14). The first-order chi connectivity index (χ1) is 6.81. The van der Waals surface area contributed by atoms with Crippen molar-refractivity contribution in [3.05, 3.63) is 21.7 Å². The van der Waals surface area contributed by atoms with Crippen LogP contribution in [0.4, 0.5) is 0 Å². The molecule has 76 valence electrons. The largest absolute Gasteiger partial charge is 0.333 e. The van der Waals surface area contributed by atoms with Gasteiger partial charge in [-0.3, -0.25) is 0 Å². The van der Waals surface area contributed by atoms with Gasteiger partial charge in [0.1, 0.15) is 0 Å². The molecule has 0 bridgehead atoms. The lowest BCUT2D eigenvalue weighted by molar-refractivity contribution is 0.611. The van der Waals surface area contributed by atoms with E-state index in [9.17, 15) is 0 Å². The van der Waals surface area contributed by atoms with Crippen LogP contribution in [0, 0.1) is 4.77 Å². The number of aryl methyl sites for hydroxylation is 1. The summed E-state index contributed by atoms with van der Waals surface area (Å²) >= 11 is 5.10. The number of nitrogens with one attached hydrogen (secondary N) is 2. The Kier molecular flexibility index (Phi) is 2.93. The Labute approximate surface area is 89.0 Å². The first kappa shape index (κ1) is 9.80. The third-order valence-corrected chi connectivity index (χ3v) is 2.74. The van der Waals surface area contributed by atoms with Crippen LogP contribution in [0.3, 0.4) is 0 Å². The third-order valence-electron chi connectivity index (χ3n) is 2.55. The SMILES string of the molecule is CCCc1nc(=S)[nH]c2c1CCNC2. The quantitative estimate of drug-likeness (QED) is 0.729. The highest BCUT2D eigenvalue weighted by molar-refractivity contribution is 7.71. The minimum atomic E-state index is 0.621. The minimum absolute atomic E-state index is 0.621. The zero-order valence-electron chi connectivity index (χ0n) is 8.39. The summed E-state index contributed by atoms with van der Waals surface area (Å²) in [5.41, 5.74) is 3.83. The van der Waals surface area contributed by atoms with E-state index in [1.165, 1.54) is 17.0 Å². The molecule has 2 N–H and O–H groups in total. The first-order valence-corrected chi connectivity index (χ1v) is 5.53. The number of rotatable bonds is 2. The van der Waals surface area contributed by atoms with Gasteiger partial charge in [-0.15, -0.1) is 0 Å². The van der Waals surface area contributed by atoms with Crippen LogP contribution in [-0.2, 0) is 19.4 Å². The molecule has 0 spiro atoms. The van der Waals surface area contributed by atoms with Gasteiger partial charge >= 0.3 is 0 Å². The summed E-state index contributed by atoms with van der Waals surface area (Å²) in [6, 6.07) is 0. The van der Waals surface area contributed by atoms with Crippen LogP contribution in [-0.4, -0.2) is 16.5 Å². The van der Waals surface area contributed by atoms with E-state index in [4.69, 9.17) is 12.2 Å². The van der Waals surface area contributed by atoms with Gasteiger partial charge in [0.2, 0.25) is 0 Å². The molecule has 0 fully saturated rings. The van der Waals surface area contributed by atoms with Crippen molar-refractivity contribution in [2.75, 3.05) is 6.54 Å². The normalized spacial score (nSPS) is 15.2. The summed E-state index contributed by atoms with van der Waals surface area (Å²) < 4.78 is 0.621. The second-order valence-electron chi connectivity index (χ2n) is 3.62. The van der Waals surface area contributed by atoms with Crippen molar-refractivity contribution in [3.63, 3.8) is 0 Å². The van der Waals surface area contributed by atoms with Gasteiger partial charge in [-0.25, -0.2) is 4.98 Å². The number of hydrogen-bond donors (Lipinski definition) is 2. The molecule has 4 heteroatoms. The van der Waals surface area contributed by atoms with Crippen LogP contribution in [0.25, 0.3) is 0 Å². The first-order valence-electron chi connectivity index (χ1n) is 5.13. The zero-order valence-corrected chi connectivity index (χ0v) is 9.21. The van der Waals surface area contributed by atoms with Crippen LogP contribution < -0.4 is 5.32 Å². The Balaban J connectivity index is 2.47. The highest BCUT2D eigenvalue weighted by Crippen LogP contribution is 2.15. The maximum absolute atomic E-state index is 5.10. The van der Waals surface area contributed by atoms with E-state index in [1.807, 2.05) is 0 Å². The van der Waals surface area contributed by atoms with Gasteiger partial charge in [0.25, 0.3) is 0 Å². The summed E-state index contributed by atoms with van der Waals surface area (Å²) in [5, 5.41) is 3.33. The molecule has 1 aliphatic rings. The summed E-state index contributed by atoms with van der Waals surface area (Å²) in [7, 11) is 0. The zero-order chi connectivity index (χ0) is 9.97. The molecule has 1 aromatic heterocycles. The monoisotopic (exact) mass is 209 g/mol. The smallest absolute Gasteiger partial charge is 0.197 e. The lowest BCUT2D eigenvalue weighted by Crippen LogP contribution is -2.26. The average Bonchev–Trinajstić information content (AvgIpc) is 2.18. The summed E-state index contributed by atoms with van der Waals surface area (Å²) in [6.07, 6.45) is 3.25. The lowest BCUT2D eigenvalue weighted by Gasteiger charge is -2.19. The van der Waals surface area contributed by atoms with Crippen LogP contribution >= 0.6 is 12.2 Å². The molecule has 2 rings (SSSR count). The van der Waals surface area contributed by atoms with Crippen LogP contribution in [0.15, 0.2) is 0 Å². The molecule has 0 radical (unpaired) electrons. The van der Waals surface area contributed by atoms with E-state index in [0.717, 1.165) is 32.4 Å². The predicted octanol–water partition coefficient (Wildman–Crippen LogP) is 1.74. The van der Waals surface area contributed by atoms with E-state index in [2.05, 4.69) is 22.2 Å². The van der Waals surface area contributed by atoms with Gasteiger partial charge in [-0.05, 0) is 37.2 Å². The molecule has 3 nitrogen and oxygen atoms in total. The molecular weight excluding hydrogens is 194 g/mol.